The van der Waals surface area contributed by atoms with Gasteiger partial charge in [0.25, 0.3) is 0 Å². The van der Waals surface area contributed by atoms with Crippen LogP contribution < -0.4 is 0 Å². The number of nitrogens with zero attached hydrogens (tertiary/aromatic N) is 1. The number of carbonyl (C=O) groups excluding carboxylic acids is 1. The Hall–Kier alpha value is -1.59. The zero-order valence-electron chi connectivity index (χ0n) is 8.06. The smallest absolute Gasteiger partial charge is 0.326 e. The van der Waals surface area contributed by atoms with Crippen molar-refractivity contribution in [2.75, 3.05) is 6.54 Å². The summed E-state index contributed by atoms with van der Waals surface area (Å²) in [4.78, 5) is 32.8. The van der Waals surface area contributed by atoms with Crippen molar-refractivity contribution in [1.82, 2.24) is 4.90 Å². The van der Waals surface area contributed by atoms with Gasteiger partial charge in [-0.2, -0.15) is 0 Å². The van der Waals surface area contributed by atoms with E-state index in [0.29, 0.717) is 0 Å². The van der Waals surface area contributed by atoms with Gasteiger partial charge in [-0.3, -0.25) is 9.59 Å². The number of carboxylic acid groups (broad SMARTS) is 2. The first-order chi connectivity index (χ1) is 6.36. The third-order valence-corrected chi connectivity index (χ3v) is 1.80. The molecule has 1 amide bonds. The highest BCUT2D eigenvalue weighted by Gasteiger charge is 2.22. The average Bonchev–Trinajstić information content (AvgIpc) is 2.02. The molecule has 14 heavy (non-hydrogen) atoms. The summed E-state index contributed by atoms with van der Waals surface area (Å²) in [6.45, 7) is 2.46. The summed E-state index contributed by atoms with van der Waals surface area (Å²) in [7, 11) is 0. The van der Waals surface area contributed by atoms with Gasteiger partial charge in [0.05, 0.1) is 6.42 Å². The maximum atomic E-state index is 11.0. The van der Waals surface area contributed by atoms with Gasteiger partial charge < -0.3 is 15.1 Å². The Balaban J connectivity index is 4.37. The summed E-state index contributed by atoms with van der Waals surface area (Å²) in [5.74, 6) is -2.65. The lowest BCUT2D eigenvalue weighted by molar-refractivity contribution is -0.150. The molecule has 0 saturated heterocycles. The van der Waals surface area contributed by atoms with E-state index in [2.05, 4.69) is 0 Å². The van der Waals surface area contributed by atoms with Crippen LogP contribution in [0, 0.1) is 0 Å². The van der Waals surface area contributed by atoms with Crippen LogP contribution in [0.15, 0.2) is 0 Å². The van der Waals surface area contributed by atoms with Crippen LogP contribution in [0.5, 0.6) is 0 Å². The molecule has 6 heteroatoms. The maximum Gasteiger partial charge on any atom is 0.326 e. The fourth-order valence-electron chi connectivity index (χ4n) is 0.973. The molecule has 0 spiro atoms. The van der Waals surface area contributed by atoms with Crippen molar-refractivity contribution in [3.8, 4) is 0 Å². The number of rotatable bonds is 5. The molecule has 0 bridgehead atoms. The summed E-state index contributed by atoms with van der Waals surface area (Å²) in [5.41, 5.74) is 0. The summed E-state index contributed by atoms with van der Waals surface area (Å²) in [6, 6.07) is -0.994. The van der Waals surface area contributed by atoms with Crippen molar-refractivity contribution in [2.24, 2.45) is 0 Å². The highest BCUT2D eigenvalue weighted by molar-refractivity contribution is 5.82. The van der Waals surface area contributed by atoms with Crippen molar-refractivity contribution in [1.29, 1.82) is 0 Å². The van der Waals surface area contributed by atoms with Crippen LogP contribution >= 0.6 is 0 Å². The van der Waals surface area contributed by atoms with Crippen molar-refractivity contribution in [2.45, 2.75) is 26.3 Å². The minimum absolute atomic E-state index is 0.0852. The van der Waals surface area contributed by atoms with Gasteiger partial charge in [-0.05, 0) is 6.92 Å². The molecule has 0 aliphatic carbocycles. The molecule has 1 unspecified atom stereocenters. The van der Waals surface area contributed by atoms with Gasteiger partial charge in [-0.1, -0.05) is 0 Å². The van der Waals surface area contributed by atoms with Gasteiger partial charge in [0.15, 0.2) is 0 Å². The summed E-state index contributed by atoms with van der Waals surface area (Å²) in [5, 5.41) is 17.0. The molecule has 0 aliphatic heterocycles. The Morgan fingerprint density at radius 1 is 1.29 bits per heavy atom. The second kappa shape index (κ2) is 5.21. The molecule has 6 nitrogen and oxygen atoms in total. The zero-order chi connectivity index (χ0) is 11.3. The number of carbonyl (C=O) groups is 3. The van der Waals surface area contributed by atoms with E-state index in [1.165, 1.54) is 13.8 Å². The summed E-state index contributed by atoms with van der Waals surface area (Å²) in [6.07, 6.45) is -0.253. The SMILES string of the molecule is CC(=O)N(CCC(=O)O)C(C)C(=O)O. The highest BCUT2D eigenvalue weighted by Crippen LogP contribution is 2.01. The highest BCUT2D eigenvalue weighted by atomic mass is 16.4. The largest absolute Gasteiger partial charge is 0.481 e. The van der Waals surface area contributed by atoms with Gasteiger partial charge in [0.2, 0.25) is 5.91 Å². The molecule has 2 N–H and O–H groups in total. The molecule has 0 radical (unpaired) electrons. The fraction of sp³-hybridized carbons (Fsp3) is 0.625. The van der Waals surface area contributed by atoms with Gasteiger partial charge in [0, 0.05) is 13.5 Å². The molecule has 80 valence electrons. The quantitative estimate of drug-likeness (QED) is 0.644. The van der Waals surface area contributed by atoms with Crippen molar-refractivity contribution in [3.05, 3.63) is 0 Å². The molecule has 0 aliphatic rings. The van der Waals surface area contributed by atoms with E-state index in [0.717, 1.165) is 4.90 Å². The van der Waals surface area contributed by atoms with Crippen LogP contribution in [-0.2, 0) is 14.4 Å². The number of carboxylic acids is 2. The Morgan fingerprint density at radius 2 is 1.79 bits per heavy atom. The summed E-state index contributed by atoms with van der Waals surface area (Å²) >= 11 is 0. The first kappa shape index (κ1) is 12.4. The Bertz CT molecular complexity index is 250. The molecule has 0 aromatic heterocycles. The average molecular weight is 203 g/mol. The topological polar surface area (TPSA) is 94.9 Å². The fourth-order valence-corrected chi connectivity index (χ4v) is 0.973. The van der Waals surface area contributed by atoms with E-state index in [1.54, 1.807) is 0 Å². The van der Waals surface area contributed by atoms with Crippen molar-refractivity contribution < 1.29 is 24.6 Å². The van der Waals surface area contributed by atoms with Crippen LogP contribution in [0.2, 0.25) is 0 Å². The third kappa shape index (κ3) is 3.88. The maximum absolute atomic E-state index is 11.0. The predicted molar refractivity (Wildman–Crippen MR) is 46.7 cm³/mol. The molecule has 0 heterocycles. The molecule has 0 rings (SSSR count). The van der Waals surface area contributed by atoms with E-state index in [9.17, 15) is 14.4 Å². The zero-order valence-corrected chi connectivity index (χ0v) is 8.06. The lowest BCUT2D eigenvalue weighted by atomic mass is 10.2. The normalized spacial score (nSPS) is 11.9. The number of aliphatic carboxylic acids is 2. The van der Waals surface area contributed by atoms with Gasteiger partial charge in [-0.15, -0.1) is 0 Å². The van der Waals surface area contributed by atoms with E-state index < -0.39 is 23.9 Å². The minimum atomic E-state index is -1.15. The molecule has 1 atom stereocenters. The molecule has 0 fully saturated rings. The minimum Gasteiger partial charge on any atom is -0.481 e. The number of hydrogen-bond acceptors (Lipinski definition) is 3. The molecule has 0 aromatic rings. The Kier molecular flexibility index (Phi) is 4.62. The second-order valence-electron chi connectivity index (χ2n) is 2.87. The van der Waals surface area contributed by atoms with Crippen LogP contribution in [0.4, 0.5) is 0 Å². The van der Waals surface area contributed by atoms with Gasteiger partial charge in [-0.25, -0.2) is 4.79 Å². The number of hydrogen-bond donors (Lipinski definition) is 2. The lowest BCUT2D eigenvalue weighted by Crippen LogP contribution is -2.43. The van der Waals surface area contributed by atoms with Crippen LogP contribution in [0.25, 0.3) is 0 Å². The number of amides is 1. The molecular formula is C8H13NO5. The lowest BCUT2D eigenvalue weighted by Gasteiger charge is -2.24. The molecule has 0 saturated carbocycles. The van der Waals surface area contributed by atoms with E-state index >= 15 is 0 Å². The third-order valence-electron chi connectivity index (χ3n) is 1.80. The van der Waals surface area contributed by atoms with Gasteiger partial charge in [0.1, 0.15) is 6.04 Å². The van der Waals surface area contributed by atoms with Crippen LogP contribution in [0.3, 0.4) is 0 Å². The van der Waals surface area contributed by atoms with E-state index in [1.807, 2.05) is 0 Å². The first-order valence-corrected chi connectivity index (χ1v) is 4.08. The monoisotopic (exact) mass is 203 g/mol. The van der Waals surface area contributed by atoms with E-state index in [-0.39, 0.29) is 13.0 Å². The first-order valence-electron chi connectivity index (χ1n) is 4.08. The standard InChI is InChI=1S/C8H13NO5/c1-5(8(13)14)9(6(2)10)4-3-7(11)12/h5H,3-4H2,1-2H3,(H,11,12)(H,13,14). The van der Waals surface area contributed by atoms with E-state index in [4.69, 9.17) is 10.2 Å². The van der Waals surface area contributed by atoms with Crippen molar-refractivity contribution in [3.63, 3.8) is 0 Å². The van der Waals surface area contributed by atoms with Crippen LogP contribution in [0.1, 0.15) is 20.3 Å². The second-order valence-corrected chi connectivity index (χ2v) is 2.87. The Labute approximate surface area is 81.1 Å². The Morgan fingerprint density at radius 3 is 2.07 bits per heavy atom. The van der Waals surface area contributed by atoms with Crippen molar-refractivity contribution >= 4 is 17.8 Å². The predicted octanol–water partition coefficient (Wildman–Crippen LogP) is -0.217. The molecule has 0 aromatic carbocycles. The van der Waals surface area contributed by atoms with Crippen LogP contribution in [-0.4, -0.2) is 45.5 Å². The summed E-state index contributed by atoms with van der Waals surface area (Å²) < 4.78 is 0. The van der Waals surface area contributed by atoms with Gasteiger partial charge >= 0.3 is 11.9 Å². The molecular weight excluding hydrogens is 190 g/mol.